The Balaban J connectivity index is 2.55. The molecule has 12 heavy (non-hydrogen) atoms. The predicted molar refractivity (Wildman–Crippen MR) is 46.1 cm³/mol. The summed E-state index contributed by atoms with van der Waals surface area (Å²) in [4.78, 5) is 4.04. The van der Waals surface area contributed by atoms with Crippen molar-refractivity contribution >= 4 is 0 Å². The van der Waals surface area contributed by atoms with Gasteiger partial charge in [0, 0.05) is 18.6 Å². The van der Waals surface area contributed by atoms with Gasteiger partial charge in [-0.15, -0.1) is 0 Å². The van der Waals surface area contributed by atoms with E-state index in [0.29, 0.717) is 0 Å². The van der Waals surface area contributed by atoms with Gasteiger partial charge in [-0.1, -0.05) is 0 Å². The zero-order valence-electron chi connectivity index (χ0n) is 6.81. The van der Waals surface area contributed by atoms with E-state index in [0.717, 1.165) is 5.69 Å². The van der Waals surface area contributed by atoms with Gasteiger partial charge in [0.05, 0.1) is 11.9 Å². The van der Waals surface area contributed by atoms with E-state index < -0.39 is 0 Å². The average Bonchev–Trinajstić information content (AvgIpc) is 2.57. The first-order valence-electron chi connectivity index (χ1n) is 3.78. The first-order chi connectivity index (χ1) is 5.88. The predicted octanol–water partition coefficient (Wildman–Crippen LogP) is 1.58. The van der Waals surface area contributed by atoms with Crippen molar-refractivity contribution in [3.8, 4) is 5.69 Å². The second-order valence-corrected chi connectivity index (χ2v) is 2.61. The summed E-state index contributed by atoms with van der Waals surface area (Å²) >= 11 is 0. The van der Waals surface area contributed by atoms with E-state index in [-0.39, 0.29) is 0 Å². The van der Waals surface area contributed by atoms with Crippen LogP contribution in [0.4, 0.5) is 0 Å². The van der Waals surface area contributed by atoms with Crippen molar-refractivity contribution in [1.82, 2.24) is 14.8 Å². The van der Waals surface area contributed by atoms with Crippen molar-refractivity contribution in [3.63, 3.8) is 0 Å². The second-order valence-electron chi connectivity index (χ2n) is 2.61. The maximum Gasteiger partial charge on any atom is 0.0857 e. The molecule has 0 aromatic carbocycles. The summed E-state index contributed by atoms with van der Waals surface area (Å²) in [6, 6.07) is 3.86. The normalized spacial score (nSPS) is 10.1. The molecule has 2 aromatic heterocycles. The summed E-state index contributed by atoms with van der Waals surface area (Å²) in [5, 5.41) is 4.12. The fourth-order valence-corrected chi connectivity index (χ4v) is 1.11. The van der Waals surface area contributed by atoms with E-state index in [1.165, 1.54) is 5.56 Å². The number of aromatic nitrogens is 3. The van der Waals surface area contributed by atoms with Crippen LogP contribution in [0.25, 0.3) is 5.69 Å². The highest BCUT2D eigenvalue weighted by atomic mass is 15.3. The minimum Gasteiger partial charge on any atom is -0.262 e. The van der Waals surface area contributed by atoms with E-state index in [1.807, 2.05) is 36.1 Å². The summed E-state index contributed by atoms with van der Waals surface area (Å²) in [6.07, 6.45) is 7.25. The maximum atomic E-state index is 4.12. The highest BCUT2D eigenvalue weighted by Gasteiger charge is 1.98. The highest BCUT2D eigenvalue weighted by molar-refractivity contribution is 5.35. The molecular formula is C9H9N3. The second kappa shape index (κ2) is 2.77. The first-order valence-corrected chi connectivity index (χ1v) is 3.78. The maximum absolute atomic E-state index is 4.12. The zero-order valence-corrected chi connectivity index (χ0v) is 6.81. The third-order valence-electron chi connectivity index (χ3n) is 1.76. The molecule has 0 fully saturated rings. The minimum absolute atomic E-state index is 1.03. The van der Waals surface area contributed by atoms with Gasteiger partial charge >= 0.3 is 0 Å². The van der Waals surface area contributed by atoms with E-state index >= 15 is 0 Å². The van der Waals surface area contributed by atoms with Crippen LogP contribution < -0.4 is 0 Å². The zero-order chi connectivity index (χ0) is 8.39. The molecule has 0 N–H and O–H groups in total. The molecule has 60 valence electrons. The minimum atomic E-state index is 1.03. The van der Waals surface area contributed by atoms with Gasteiger partial charge in [-0.05, 0) is 24.6 Å². The van der Waals surface area contributed by atoms with Crippen molar-refractivity contribution in [1.29, 1.82) is 0 Å². The Hall–Kier alpha value is -1.64. The van der Waals surface area contributed by atoms with Gasteiger partial charge in [-0.25, -0.2) is 4.68 Å². The lowest BCUT2D eigenvalue weighted by Gasteiger charge is -2.02. The molecule has 0 radical (unpaired) electrons. The monoisotopic (exact) mass is 159 g/mol. The summed E-state index contributed by atoms with van der Waals surface area (Å²) < 4.78 is 1.81. The van der Waals surface area contributed by atoms with Crippen molar-refractivity contribution in [2.75, 3.05) is 0 Å². The third kappa shape index (κ3) is 1.09. The molecular weight excluding hydrogens is 150 g/mol. The van der Waals surface area contributed by atoms with Gasteiger partial charge in [0.1, 0.15) is 0 Å². The number of nitrogens with zero attached hydrogens (tertiary/aromatic N) is 3. The molecule has 2 aromatic rings. The molecule has 2 heterocycles. The third-order valence-corrected chi connectivity index (χ3v) is 1.76. The van der Waals surface area contributed by atoms with Crippen LogP contribution in [0.15, 0.2) is 36.9 Å². The lowest BCUT2D eigenvalue weighted by Crippen LogP contribution is -1.97. The molecule has 0 amide bonds. The molecule has 0 aliphatic heterocycles. The average molecular weight is 159 g/mol. The molecule has 0 aliphatic rings. The Bertz CT molecular complexity index is 365. The van der Waals surface area contributed by atoms with Gasteiger partial charge < -0.3 is 0 Å². The summed E-state index contributed by atoms with van der Waals surface area (Å²) in [5.41, 5.74) is 2.20. The standard InChI is InChI=1S/C9H9N3/c1-8-3-5-10-7-9(8)12-6-2-4-11-12/h2-7H,1H3. The lowest BCUT2D eigenvalue weighted by molar-refractivity contribution is 0.865. The molecule has 0 bridgehead atoms. The molecule has 0 spiro atoms. The fourth-order valence-electron chi connectivity index (χ4n) is 1.11. The van der Waals surface area contributed by atoms with Crippen molar-refractivity contribution in [2.24, 2.45) is 0 Å². The van der Waals surface area contributed by atoms with Crippen LogP contribution in [-0.2, 0) is 0 Å². The Kier molecular flexibility index (Phi) is 1.63. The number of rotatable bonds is 1. The Morgan fingerprint density at radius 3 is 2.92 bits per heavy atom. The van der Waals surface area contributed by atoms with Gasteiger partial charge in [0.25, 0.3) is 0 Å². The van der Waals surface area contributed by atoms with Gasteiger partial charge in [-0.2, -0.15) is 5.10 Å². The molecule has 0 unspecified atom stereocenters. The van der Waals surface area contributed by atoms with Crippen LogP contribution in [0.1, 0.15) is 5.56 Å². The lowest BCUT2D eigenvalue weighted by atomic mass is 10.2. The van der Waals surface area contributed by atoms with Crippen LogP contribution in [0, 0.1) is 6.92 Å². The number of aryl methyl sites for hydroxylation is 1. The topological polar surface area (TPSA) is 30.7 Å². The summed E-state index contributed by atoms with van der Waals surface area (Å²) in [6.45, 7) is 2.04. The molecule has 0 saturated heterocycles. The van der Waals surface area contributed by atoms with E-state index in [1.54, 1.807) is 12.4 Å². The summed E-state index contributed by atoms with van der Waals surface area (Å²) in [5.74, 6) is 0. The molecule has 0 atom stereocenters. The van der Waals surface area contributed by atoms with Crippen LogP contribution in [0.3, 0.4) is 0 Å². The fraction of sp³-hybridized carbons (Fsp3) is 0.111. The van der Waals surface area contributed by atoms with Crippen LogP contribution >= 0.6 is 0 Å². The smallest absolute Gasteiger partial charge is 0.0857 e. The molecule has 3 nitrogen and oxygen atoms in total. The Morgan fingerprint density at radius 1 is 1.33 bits per heavy atom. The molecule has 0 aliphatic carbocycles. The first kappa shape index (κ1) is 7.03. The van der Waals surface area contributed by atoms with Crippen molar-refractivity contribution < 1.29 is 0 Å². The number of hydrogen-bond acceptors (Lipinski definition) is 2. The summed E-state index contributed by atoms with van der Waals surface area (Å²) in [7, 11) is 0. The van der Waals surface area contributed by atoms with Crippen molar-refractivity contribution in [2.45, 2.75) is 6.92 Å². The van der Waals surface area contributed by atoms with E-state index in [2.05, 4.69) is 10.1 Å². The van der Waals surface area contributed by atoms with Crippen molar-refractivity contribution in [3.05, 3.63) is 42.5 Å². The molecule has 0 saturated carbocycles. The Labute approximate surface area is 70.7 Å². The number of hydrogen-bond donors (Lipinski definition) is 0. The van der Waals surface area contributed by atoms with Gasteiger partial charge in [-0.3, -0.25) is 4.98 Å². The largest absolute Gasteiger partial charge is 0.262 e. The Morgan fingerprint density at radius 2 is 2.25 bits per heavy atom. The van der Waals surface area contributed by atoms with E-state index in [9.17, 15) is 0 Å². The van der Waals surface area contributed by atoms with Crippen LogP contribution in [-0.4, -0.2) is 14.8 Å². The van der Waals surface area contributed by atoms with E-state index in [4.69, 9.17) is 0 Å². The molecule has 2 rings (SSSR count). The van der Waals surface area contributed by atoms with Crippen LogP contribution in [0.2, 0.25) is 0 Å². The molecule has 3 heteroatoms. The van der Waals surface area contributed by atoms with Gasteiger partial charge in [0.15, 0.2) is 0 Å². The van der Waals surface area contributed by atoms with Gasteiger partial charge in [0.2, 0.25) is 0 Å². The quantitative estimate of drug-likeness (QED) is 0.632. The highest BCUT2D eigenvalue weighted by Crippen LogP contribution is 2.09. The number of pyridine rings is 1. The SMILES string of the molecule is Cc1ccncc1-n1cccn1. The van der Waals surface area contributed by atoms with Crippen LogP contribution in [0.5, 0.6) is 0 Å².